The lowest BCUT2D eigenvalue weighted by atomic mass is 9.93. The van der Waals surface area contributed by atoms with Crippen LogP contribution in [0.1, 0.15) is 35.7 Å². The summed E-state index contributed by atoms with van der Waals surface area (Å²) in [7, 11) is 0. The smallest absolute Gasteiger partial charge is 0.228 e. The van der Waals surface area contributed by atoms with Crippen LogP contribution >= 0.6 is 0 Å². The van der Waals surface area contributed by atoms with Crippen LogP contribution in [0.15, 0.2) is 66.9 Å². The number of carbonyl (C=O) groups is 1. The fraction of sp³-hybridized carbons (Fsp3) is 0.292. The van der Waals surface area contributed by atoms with Crippen LogP contribution in [0.5, 0.6) is 0 Å². The number of benzene rings is 1. The molecule has 0 spiro atoms. The highest BCUT2D eigenvalue weighted by Gasteiger charge is 2.26. The summed E-state index contributed by atoms with van der Waals surface area (Å²) in [6, 6.07) is 20.4. The molecule has 0 saturated carbocycles. The van der Waals surface area contributed by atoms with Crippen LogP contribution in [-0.2, 0) is 11.2 Å². The number of nitrogens with zero attached hydrogens (tertiary/aromatic N) is 3. The van der Waals surface area contributed by atoms with E-state index in [1.54, 1.807) is 6.20 Å². The van der Waals surface area contributed by atoms with Gasteiger partial charge in [-0.15, -0.1) is 0 Å². The van der Waals surface area contributed by atoms with Gasteiger partial charge in [0.25, 0.3) is 0 Å². The van der Waals surface area contributed by atoms with E-state index in [9.17, 15) is 4.79 Å². The SMILES string of the molecule is Cc1cccc(-c2cccc(C3CCCN(C(=O)Cc4ccccn4)C3)n2)c1. The van der Waals surface area contributed by atoms with Gasteiger partial charge in [-0.3, -0.25) is 14.8 Å². The molecule has 0 bridgehead atoms. The molecule has 0 radical (unpaired) electrons. The number of amides is 1. The Kier molecular flexibility index (Phi) is 5.47. The standard InChI is InChI=1S/C24H25N3O/c1-18-7-4-8-19(15-18)22-11-5-12-23(26-22)20-9-6-14-27(17-20)24(28)16-21-10-2-3-13-25-21/h2-5,7-8,10-13,15,20H,6,9,14,16-17H2,1H3. The summed E-state index contributed by atoms with van der Waals surface area (Å²) in [6.07, 6.45) is 4.18. The number of carbonyl (C=O) groups excluding carboxylic acids is 1. The van der Waals surface area contributed by atoms with Gasteiger partial charge >= 0.3 is 0 Å². The second kappa shape index (κ2) is 8.34. The second-order valence-electron chi connectivity index (χ2n) is 7.49. The Morgan fingerprint density at radius 1 is 1.11 bits per heavy atom. The molecule has 1 aromatic carbocycles. The molecule has 4 nitrogen and oxygen atoms in total. The first kappa shape index (κ1) is 18.4. The molecule has 1 aliphatic heterocycles. The van der Waals surface area contributed by atoms with Crippen LogP contribution in [0, 0.1) is 6.92 Å². The van der Waals surface area contributed by atoms with Gasteiger partial charge in [0, 0.05) is 42.2 Å². The Balaban J connectivity index is 1.49. The lowest BCUT2D eigenvalue weighted by Gasteiger charge is -2.32. The fourth-order valence-corrected chi connectivity index (χ4v) is 3.86. The molecule has 1 saturated heterocycles. The van der Waals surface area contributed by atoms with E-state index in [4.69, 9.17) is 4.98 Å². The molecule has 1 fully saturated rings. The molecule has 0 aliphatic carbocycles. The normalized spacial score (nSPS) is 16.8. The van der Waals surface area contributed by atoms with E-state index in [0.29, 0.717) is 6.42 Å². The highest BCUT2D eigenvalue weighted by Crippen LogP contribution is 2.28. The molecule has 3 aromatic rings. The largest absolute Gasteiger partial charge is 0.342 e. The quantitative estimate of drug-likeness (QED) is 0.683. The van der Waals surface area contributed by atoms with Crippen LogP contribution in [0.2, 0.25) is 0 Å². The monoisotopic (exact) mass is 371 g/mol. The predicted molar refractivity (Wildman–Crippen MR) is 111 cm³/mol. The Labute approximate surface area is 166 Å². The summed E-state index contributed by atoms with van der Waals surface area (Å²) in [5.41, 5.74) is 5.27. The Morgan fingerprint density at radius 3 is 2.82 bits per heavy atom. The molecule has 28 heavy (non-hydrogen) atoms. The lowest BCUT2D eigenvalue weighted by Crippen LogP contribution is -2.40. The molecule has 3 heterocycles. The van der Waals surface area contributed by atoms with Gasteiger partial charge < -0.3 is 4.90 Å². The highest BCUT2D eigenvalue weighted by atomic mass is 16.2. The first-order valence-electron chi connectivity index (χ1n) is 9.91. The second-order valence-corrected chi connectivity index (χ2v) is 7.49. The van der Waals surface area contributed by atoms with Crippen molar-refractivity contribution in [1.29, 1.82) is 0 Å². The van der Waals surface area contributed by atoms with Crippen LogP contribution in [0.3, 0.4) is 0 Å². The molecule has 1 unspecified atom stereocenters. The van der Waals surface area contributed by atoms with Crippen molar-refractivity contribution < 1.29 is 4.79 Å². The fourth-order valence-electron chi connectivity index (χ4n) is 3.86. The topological polar surface area (TPSA) is 46.1 Å². The van der Waals surface area contributed by atoms with Crippen LogP contribution in [-0.4, -0.2) is 33.9 Å². The minimum Gasteiger partial charge on any atom is -0.342 e. The zero-order chi connectivity index (χ0) is 19.3. The van der Waals surface area contributed by atoms with E-state index < -0.39 is 0 Å². The molecular formula is C24H25N3O. The van der Waals surface area contributed by atoms with Crippen LogP contribution < -0.4 is 0 Å². The summed E-state index contributed by atoms with van der Waals surface area (Å²) < 4.78 is 0. The molecule has 2 aromatic heterocycles. The van der Waals surface area contributed by atoms with Gasteiger partial charge in [-0.2, -0.15) is 0 Å². The van der Waals surface area contributed by atoms with E-state index in [0.717, 1.165) is 48.6 Å². The third-order valence-corrected chi connectivity index (χ3v) is 5.34. The Hall–Kier alpha value is -3.01. The number of hydrogen-bond acceptors (Lipinski definition) is 3. The summed E-state index contributed by atoms with van der Waals surface area (Å²) in [4.78, 5) is 23.9. The van der Waals surface area contributed by atoms with Crippen molar-refractivity contribution in [2.24, 2.45) is 0 Å². The molecular weight excluding hydrogens is 346 g/mol. The molecule has 1 atom stereocenters. The lowest BCUT2D eigenvalue weighted by molar-refractivity contribution is -0.131. The van der Waals surface area contributed by atoms with Crippen molar-refractivity contribution in [2.75, 3.05) is 13.1 Å². The van der Waals surface area contributed by atoms with Gasteiger partial charge in [-0.05, 0) is 50.1 Å². The number of aryl methyl sites for hydroxylation is 1. The zero-order valence-electron chi connectivity index (χ0n) is 16.2. The molecule has 142 valence electrons. The van der Waals surface area contributed by atoms with E-state index in [-0.39, 0.29) is 11.8 Å². The van der Waals surface area contributed by atoms with Crippen molar-refractivity contribution in [2.45, 2.75) is 32.1 Å². The summed E-state index contributed by atoms with van der Waals surface area (Å²) in [6.45, 7) is 3.65. The summed E-state index contributed by atoms with van der Waals surface area (Å²) >= 11 is 0. The van der Waals surface area contributed by atoms with E-state index in [1.807, 2.05) is 23.1 Å². The van der Waals surface area contributed by atoms with Gasteiger partial charge in [0.05, 0.1) is 12.1 Å². The van der Waals surface area contributed by atoms with Crippen molar-refractivity contribution in [3.8, 4) is 11.3 Å². The number of likely N-dealkylation sites (tertiary alicyclic amines) is 1. The van der Waals surface area contributed by atoms with E-state index in [1.165, 1.54) is 5.56 Å². The Morgan fingerprint density at radius 2 is 2.00 bits per heavy atom. The van der Waals surface area contributed by atoms with Gasteiger partial charge in [0.15, 0.2) is 0 Å². The van der Waals surface area contributed by atoms with Crippen molar-refractivity contribution in [3.05, 3.63) is 83.8 Å². The first-order chi connectivity index (χ1) is 13.7. The summed E-state index contributed by atoms with van der Waals surface area (Å²) in [5.74, 6) is 0.435. The number of pyridine rings is 2. The molecule has 4 rings (SSSR count). The number of rotatable bonds is 4. The highest BCUT2D eigenvalue weighted by molar-refractivity contribution is 5.78. The third-order valence-electron chi connectivity index (χ3n) is 5.34. The van der Waals surface area contributed by atoms with Gasteiger partial charge in [-0.25, -0.2) is 0 Å². The average molecular weight is 371 g/mol. The predicted octanol–water partition coefficient (Wildman–Crippen LogP) is 4.40. The Bertz CT molecular complexity index is 955. The molecule has 4 heteroatoms. The number of piperidine rings is 1. The van der Waals surface area contributed by atoms with E-state index in [2.05, 4.69) is 54.4 Å². The van der Waals surface area contributed by atoms with Gasteiger partial charge in [0.2, 0.25) is 5.91 Å². The molecule has 1 amide bonds. The van der Waals surface area contributed by atoms with Crippen LogP contribution in [0.4, 0.5) is 0 Å². The maximum atomic E-state index is 12.7. The maximum absolute atomic E-state index is 12.7. The minimum atomic E-state index is 0.151. The minimum absolute atomic E-state index is 0.151. The van der Waals surface area contributed by atoms with Crippen molar-refractivity contribution >= 4 is 5.91 Å². The van der Waals surface area contributed by atoms with Gasteiger partial charge in [0.1, 0.15) is 0 Å². The average Bonchev–Trinajstić information content (AvgIpc) is 2.75. The van der Waals surface area contributed by atoms with Crippen molar-refractivity contribution in [3.63, 3.8) is 0 Å². The first-order valence-corrected chi connectivity index (χ1v) is 9.91. The molecule has 0 N–H and O–H groups in total. The molecule has 1 aliphatic rings. The van der Waals surface area contributed by atoms with E-state index >= 15 is 0 Å². The number of aromatic nitrogens is 2. The zero-order valence-corrected chi connectivity index (χ0v) is 16.2. The van der Waals surface area contributed by atoms with Crippen molar-refractivity contribution in [1.82, 2.24) is 14.9 Å². The summed E-state index contributed by atoms with van der Waals surface area (Å²) in [5, 5.41) is 0. The van der Waals surface area contributed by atoms with Crippen LogP contribution in [0.25, 0.3) is 11.3 Å². The maximum Gasteiger partial charge on any atom is 0.228 e. The third kappa shape index (κ3) is 4.28. The van der Waals surface area contributed by atoms with Gasteiger partial charge in [-0.1, -0.05) is 35.9 Å². The number of hydrogen-bond donors (Lipinski definition) is 0.